The van der Waals surface area contributed by atoms with Gasteiger partial charge in [-0.15, -0.1) is 0 Å². The standard InChI is InChI=1S/C25H29N3O3/c29-23(20-8-13-26-14-9-20)27-15-11-25(12-16-27)18-22(10-17-31-25)28(21-6-7-21)24(30)19-4-2-1-3-5-19/h1-5,8-9,13-14,21-22H,6-7,10-12,15-18H2. The fourth-order valence-electron chi connectivity index (χ4n) is 5.09. The molecule has 6 nitrogen and oxygen atoms in total. The summed E-state index contributed by atoms with van der Waals surface area (Å²) in [6.45, 7) is 2.04. The van der Waals surface area contributed by atoms with E-state index in [0.29, 0.717) is 31.3 Å². The molecule has 1 saturated carbocycles. The lowest BCUT2D eigenvalue weighted by molar-refractivity contribution is -0.126. The van der Waals surface area contributed by atoms with Gasteiger partial charge in [0.25, 0.3) is 11.8 Å². The fourth-order valence-corrected chi connectivity index (χ4v) is 5.09. The highest BCUT2D eigenvalue weighted by Gasteiger charge is 2.46. The number of likely N-dealkylation sites (tertiary alicyclic amines) is 1. The molecule has 0 radical (unpaired) electrons. The molecule has 162 valence electrons. The average molecular weight is 420 g/mol. The Hall–Kier alpha value is -2.73. The van der Waals surface area contributed by atoms with Gasteiger partial charge in [-0.05, 0) is 62.8 Å². The molecule has 1 atom stereocenters. The third kappa shape index (κ3) is 4.22. The Morgan fingerprint density at radius 1 is 0.935 bits per heavy atom. The van der Waals surface area contributed by atoms with E-state index in [1.807, 2.05) is 35.2 Å². The number of aromatic nitrogens is 1. The summed E-state index contributed by atoms with van der Waals surface area (Å²) >= 11 is 0. The summed E-state index contributed by atoms with van der Waals surface area (Å²) < 4.78 is 6.32. The summed E-state index contributed by atoms with van der Waals surface area (Å²) in [7, 11) is 0. The number of hydrogen-bond donors (Lipinski definition) is 0. The largest absolute Gasteiger partial charge is 0.375 e. The SMILES string of the molecule is O=C(c1ccncc1)N1CCC2(CC1)CC(N(C(=O)c1ccccc1)C1CC1)CCO2. The number of benzene rings is 1. The second-order valence-corrected chi connectivity index (χ2v) is 9.02. The molecule has 6 heteroatoms. The number of rotatable bonds is 4. The van der Waals surface area contributed by atoms with Crippen LogP contribution in [0.3, 0.4) is 0 Å². The van der Waals surface area contributed by atoms with Gasteiger partial charge in [0.1, 0.15) is 0 Å². The monoisotopic (exact) mass is 419 g/mol. The molecule has 0 N–H and O–H groups in total. The van der Waals surface area contributed by atoms with Gasteiger partial charge in [-0.2, -0.15) is 0 Å². The van der Waals surface area contributed by atoms with Crippen molar-refractivity contribution in [2.24, 2.45) is 0 Å². The Labute approximate surface area is 183 Å². The molecular weight excluding hydrogens is 390 g/mol. The van der Waals surface area contributed by atoms with Crippen molar-refractivity contribution in [2.45, 2.75) is 56.2 Å². The molecule has 2 saturated heterocycles. The summed E-state index contributed by atoms with van der Waals surface area (Å²) in [4.78, 5) is 34.2. The van der Waals surface area contributed by atoms with E-state index in [-0.39, 0.29) is 23.5 Å². The molecule has 3 aliphatic rings. The van der Waals surface area contributed by atoms with Gasteiger partial charge in [0, 0.05) is 55.3 Å². The summed E-state index contributed by atoms with van der Waals surface area (Å²) in [5.74, 6) is 0.207. The van der Waals surface area contributed by atoms with Crippen LogP contribution in [0.25, 0.3) is 0 Å². The van der Waals surface area contributed by atoms with Gasteiger partial charge in [0.2, 0.25) is 0 Å². The number of carbonyl (C=O) groups excluding carboxylic acids is 2. The van der Waals surface area contributed by atoms with Gasteiger partial charge >= 0.3 is 0 Å². The molecule has 1 aromatic heterocycles. The minimum absolute atomic E-state index is 0.0588. The number of piperidine rings is 1. The zero-order valence-electron chi connectivity index (χ0n) is 17.8. The highest BCUT2D eigenvalue weighted by Crippen LogP contribution is 2.40. The van der Waals surface area contributed by atoms with Crippen LogP contribution in [0, 0.1) is 0 Å². The summed E-state index contributed by atoms with van der Waals surface area (Å²) in [6.07, 6.45) is 8.88. The van der Waals surface area contributed by atoms with Gasteiger partial charge in [0.15, 0.2) is 0 Å². The van der Waals surface area contributed by atoms with Crippen molar-refractivity contribution in [2.75, 3.05) is 19.7 Å². The first kappa shape index (κ1) is 20.2. The number of carbonyl (C=O) groups is 2. The van der Waals surface area contributed by atoms with Crippen LogP contribution in [0.15, 0.2) is 54.9 Å². The summed E-state index contributed by atoms with van der Waals surface area (Å²) in [5, 5.41) is 0. The van der Waals surface area contributed by atoms with Crippen molar-refractivity contribution in [3.05, 3.63) is 66.0 Å². The maximum Gasteiger partial charge on any atom is 0.254 e. The fraction of sp³-hybridized carbons (Fsp3) is 0.480. The second kappa shape index (κ2) is 8.42. The van der Waals surface area contributed by atoms with Crippen LogP contribution >= 0.6 is 0 Å². The third-order valence-corrected chi connectivity index (χ3v) is 6.95. The van der Waals surface area contributed by atoms with Crippen LogP contribution in [0.2, 0.25) is 0 Å². The average Bonchev–Trinajstić information content (AvgIpc) is 3.66. The quantitative estimate of drug-likeness (QED) is 0.761. The van der Waals surface area contributed by atoms with Gasteiger partial charge in [0.05, 0.1) is 5.60 Å². The lowest BCUT2D eigenvalue weighted by atomic mass is 9.81. The minimum Gasteiger partial charge on any atom is -0.375 e. The Bertz CT molecular complexity index is 922. The number of pyridine rings is 1. The van der Waals surface area contributed by atoms with Crippen LogP contribution in [0.4, 0.5) is 0 Å². The van der Waals surface area contributed by atoms with E-state index < -0.39 is 0 Å². The third-order valence-electron chi connectivity index (χ3n) is 6.95. The topological polar surface area (TPSA) is 62.7 Å². The first-order chi connectivity index (χ1) is 15.2. The van der Waals surface area contributed by atoms with Crippen molar-refractivity contribution in [1.29, 1.82) is 0 Å². The molecule has 2 aliphatic heterocycles. The van der Waals surface area contributed by atoms with E-state index in [1.165, 1.54) is 0 Å². The molecule has 2 amide bonds. The molecule has 1 unspecified atom stereocenters. The Morgan fingerprint density at radius 2 is 1.65 bits per heavy atom. The Morgan fingerprint density at radius 3 is 2.32 bits per heavy atom. The molecule has 2 aromatic rings. The van der Waals surface area contributed by atoms with Crippen molar-refractivity contribution in [1.82, 2.24) is 14.8 Å². The molecule has 0 bridgehead atoms. The number of amides is 2. The minimum atomic E-state index is -0.234. The predicted molar refractivity (Wildman–Crippen MR) is 117 cm³/mol. The normalized spacial score (nSPS) is 22.8. The summed E-state index contributed by atoms with van der Waals surface area (Å²) in [6, 6.07) is 13.7. The van der Waals surface area contributed by atoms with Gasteiger partial charge in [-0.3, -0.25) is 14.6 Å². The van der Waals surface area contributed by atoms with Crippen molar-refractivity contribution < 1.29 is 14.3 Å². The van der Waals surface area contributed by atoms with E-state index >= 15 is 0 Å². The molecule has 5 rings (SSSR count). The molecule has 1 aromatic carbocycles. The molecule has 3 fully saturated rings. The Kier molecular flexibility index (Phi) is 5.48. The first-order valence-electron chi connectivity index (χ1n) is 11.4. The summed E-state index contributed by atoms with van der Waals surface area (Å²) in [5.41, 5.74) is 1.22. The van der Waals surface area contributed by atoms with Crippen LogP contribution in [0.1, 0.15) is 59.2 Å². The van der Waals surface area contributed by atoms with Crippen LogP contribution in [0.5, 0.6) is 0 Å². The van der Waals surface area contributed by atoms with Crippen LogP contribution in [-0.2, 0) is 4.74 Å². The molecule has 31 heavy (non-hydrogen) atoms. The highest BCUT2D eigenvalue weighted by molar-refractivity contribution is 5.95. The van der Waals surface area contributed by atoms with Crippen LogP contribution < -0.4 is 0 Å². The van der Waals surface area contributed by atoms with E-state index in [0.717, 1.165) is 44.1 Å². The van der Waals surface area contributed by atoms with Gasteiger partial charge in [-0.25, -0.2) is 0 Å². The number of hydrogen-bond acceptors (Lipinski definition) is 4. The van der Waals surface area contributed by atoms with Gasteiger partial charge < -0.3 is 14.5 Å². The van der Waals surface area contributed by atoms with Crippen molar-refractivity contribution in [3.8, 4) is 0 Å². The molecular formula is C25H29N3O3. The first-order valence-corrected chi connectivity index (χ1v) is 11.4. The van der Waals surface area contributed by atoms with Gasteiger partial charge in [-0.1, -0.05) is 18.2 Å². The zero-order chi connectivity index (χ0) is 21.3. The van der Waals surface area contributed by atoms with E-state index in [4.69, 9.17) is 4.74 Å². The number of ether oxygens (including phenoxy) is 1. The number of nitrogens with zero attached hydrogens (tertiary/aromatic N) is 3. The maximum absolute atomic E-state index is 13.3. The zero-order valence-corrected chi connectivity index (χ0v) is 17.8. The van der Waals surface area contributed by atoms with Crippen molar-refractivity contribution >= 4 is 11.8 Å². The molecule has 1 spiro atoms. The smallest absolute Gasteiger partial charge is 0.254 e. The lowest BCUT2D eigenvalue weighted by Crippen LogP contribution is -2.55. The second-order valence-electron chi connectivity index (χ2n) is 9.02. The van der Waals surface area contributed by atoms with E-state index in [9.17, 15) is 9.59 Å². The van der Waals surface area contributed by atoms with Crippen molar-refractivity contribution in [3.63, 3.8) is 0 Å². The van der Waals surface area contributed by atoms with Crippen LogP contribution in [-0.4, -0.2) is 64.0 Å². The van der Waals surface area contributed by atoms with E-state index in [2.05, 4.69) is 9.88 Å². The lowest BCUT2D eigenvalue weighted by Gasteiger charge is -2.48. The Balaban J connectivity index is 1.27. The molecule has 3 heterocycles. The highest BCUT2D eigenvalue weighted by atomic mass is 16.5. The molecule has 1 aliphatic carbocycles. The predicted octanol–water partition coefficient (Wildman–Crippen LogP) is 3.54. The maximum atomic E-state index is 13.3. The van der Waals surface area contributed by atoms with E-state index in [1.54, 1.807) is 24.5 Å².